The van der Waals surface area contributed by atoms with Crippen LogP contribution in [0.5, 0.6) is 0 Å². The number of hydrogen-bond acceptors (Lipinski definition) is 2. The molecule has 111 valence electrons. The van der Waals surface area contributed by atoms with E-state index in [9.17, 15) is 0 Å². The first-order valence-electron chi connectivity index (χ1n) is 7.09. The van der Waals surface area contributed by atoms with Crippen molar-refractivity contribution in [2.24, 2.45) is 0 Å². The molecule has 4 aromatic rings. The molecule has 0 aliphatic rings. The smallest absolute Gasteiger partial charge is 0.106 e. The fraction of sp³-hybridized carbons (Fsp3) is 0.111. The number of nitrogens with zero attached hydrogens (tertiary/aromatic N) is 3. The summed E-state index contributed by atoms with van der Waals surface area (Å²) in [6, 6.07) is 19.6. The number of aryl methyl sites for hydroxylation is 1. The molecule has 0 aliphatic heterocycles. The van der Waals surface area contributed by atoms with Crippen LogP contribution < -0.4 is 0 Å². The maximum absolute atomic E-state index is 4.52. The van der Waals surface area contributed by atoms with Crippen molar-refractivity contribution in [3.8, 4) is 11.3 Å². The van der Waals surface area contributed by atoms with Crippen LogP contribution in [0.3, 0.4) is 0 Å². The van der Waals surface area contributed by atoms with Crippen molar-refractivity contribution >= 4 is 21.9 Å². The summed E-state index contributed by atoms with van der Waals surface area (Å²) in [4.78, 5) is 9.04. The van der Waals surface area contributed by atoms with Crippen LogP contribution >= 0.6 is 0 Å². The molecular weight excluding hydrogens is 450 g/mol. The maximum Gasteiger partial charge on any atom is 0.106 e. The van der Waals surface area contributed by atoms with Crippen molar-refractivity contribution in [2.75, 3.05) is 0 Å². The minimum Gasteiger partial charge on any atom is -0.345 e. The zero-order valence-corrected chi connectivity index (χ0v) is 14.5. The molecule has 0 saturated carbocycles. The molecule has 0 amide bonds. The molecule has 0 unspecified atom stereocenters. The molecule has 0 fully saturated rings. The second kappa shape index (κ2) is 5.99. The quantitative estimate of drug-likeness (QED) is 0.419. The summed E-state index contributed by atoms with van der Waals surface area (Å²) in [6.45, 7) is 3.04. The van der Waals surface area contributed by atoms with Gasteiger partial charge >= 0.3 is 0 Å². The Hall–Kier alpha value is -2.03. The third kappa shape index (κ3) is 2.16. The largest absolute Gasteiger partial charge is 0.345 e. The van der Waals surface area contributed by atoms with E-state index < -0.39 is 0 Å². The summed E-state index contributed by atoms with van der Waals surface area (Å²) in [5.74, 6) is 0. The summed E-state index contributed by atoms with van der Waals surface area (Å²) in [6.07, 6.45) is 1.64. The number of aromatic nitrogens is 3. The van der Waals surface area contributed by atoms with Crippen molar-refractivity contribution in [2.45, 2.75) is 13.5 Å². The van der Waals surface area contributed by atoms with E-state index in [1.54, 1.807) is 6.33 Å². The first-order chi connectivity index (χ1) is 10.4. The van der Waals surface area contributed by atoms with E-state index in [-0.39, 0.29) is 20.1 Å². The second-order valence-electron chi connectivity index (χ2n) is 4.96. The average Bonchev–Trinajstić information content (AvgIpc) is 2.89. The van der Waals surface area contributed by atoms with Crippen LogP contribution in [0.25, 0.3) is 33.2 Å². The van der Waals surface area contributed by atoms with Gasteiger partial charge in [-0.1, -0.05) is 18.2 Å². The molecule has 4 rings (SSSR count). The molecule has 0 bridgehead atoms. The van der Waals surface area contributed by atoms with E-state index in [1.807, 2.05) is 24.3 Å². The van der Waals surface area contributed by atoms with Gasteiger partial charge in [0.1, 0.15) is 6.33 Å². The zero-order valence-electron chi connectivity index (χ0n) is 12.1. The van der Waals surface area contributed by atoms with Crippen molar-refractivity contribution < 1.29 is 20.1 Å². The Bertz CT molecular complexity index is 929. The standard InChI is InChI=1S/C18H14N3.Ir/c1-2-21-15-11-7-6-10-14(15)17-18(21)16(19-12-20-17)13-8-4-3-5-9-13;/h3-8,10-12H,2H2,1H3;/q-1;. The number of para-hydroxylation sites is 1. The van der Waals surface area contributed by atoms with Gasteiger partial charge in [-0.25, -0.2) is 4.98 Å². The van der Waals surface area contributed by atoms with Crippen molar-refractivity contribution in [1.29, 1.82) is 0 Å². The summed E-state index contributed by atoms with van der Waals surface area (Å²) >= 11 is 0. The van der Waals surface area contributed by atoms with Crippen LogP contribution in [0.4, 0.5) is 0 Å². The summed E-state index contributed by atoms with van der Waals surface area (Å²) < 4.78 is 2.28. The predicted octanol–water partition coefficient (Wildman–Crippen LogP) is 4.07. The topological polar surface area (TPSA) is 30.7 Å². The Labute approximate surface area is 142 Å². The number of fused-ring (bicyclic) bond motifs is 3. The van der Waals surface area contributed by atoms with Gasteiger partial charge in [0.15, 0.2) is 0 Å². The van der Waals surface area contributed by atoms with E-state index in [4.69, 9.17) is 0 Å². The van der Waals surface area contributed by atoms with E-state index in [2.05, 4.69) is 51.8 Å². The van der Waals surface area contributed by atoms with Gasteiger partial charge in [0, 0.05) is 37.7 Å². The second-order valence-corrected chi connectivity index (χ2v) is 4.96. The Morgan fingerprint density at radius 2 is 1.86 bits per heavy atom. The molecular formula is C18H14IrN3-. The van der Waals surface area contributed by atoms with Crippen molar-refractivity contribution in [1.82, 2.24) is 14.5 Å². The molecule has 2 aromatic carbocycles. The first-order valence-corrected chi connectivity index (χ1v) is 7.09. The Morgan fingerprint density at radius 3 is 2.64 bits per heavy atom. The Kier molecular flexibility index (Phi) is 4.06. The van der Waals surface area contributed by atoms with Gasteiger partial charge in [-0.3, -0.25) is 4.98 Å². The van der Waals surface area contributed by atoms with Crippen LogP contribution in [-0.2, 0) is 26.7 Å². The maximum atomic E-state index is 4.52. The molecule has 0 spiro atoms. The van der Waals surface area contributed by atoms with E-state index >= 15 is 0 Å². The van der Waals surface area contributed by atoms with Gasteiger partial charge < -0.3 is 4.57 Å². The third-order valence-corrected chi connectivity index (χ3v) is 3.82. The molecule has 0 atom stereocenters. The van der Waals surface area contributed by atoms with Crippen molar-refractivity contribution in [3.63, 3.8) is 0 Å². The van der Waals surface area contributed by atoms with Gasteiger partial charge in [0.25, 0.3) is 0 Å². The van der Waals surface area contributed by atoms with Crippen LogP contribution in [0.15, 0.2) is 54.9 Å². The number of rotatable bonds is 2. The van der Waals surface area contributed by atoms with E-state index in [1.165, 1.54) is 10.9 Å². The zero-order chi connectivity index (χ0) is 14.2. The Balaban J connectivity index is 0.00000144. The van der Waals surface area contributed by atoms with Gasteiger partial charge in [-0.15, -0.1) is 35.9 Å². The third-order valence-electron chi connectivity index (χ3n) is 3.82. The minimum atomic E-state index is 0. The molecule has 0 aliphatic carbocycles. The average molecular weight is 465 g/mol. The van der Waals surface area contributed by atoms with Gasteiger partial charge in [0.2, 0.25) is 0 Å². The fourth-order valence-electron chi connectivity index (χ4n) is 2.93. The predicted molar refractivity (Wildman–Crippen MR) is 85.0 cm³/mol. The summed E-state index contributed by atoms with van der Waals surface area (Å²) in [5, 5.41) is 1.17. The molecule has 4 heteroatoms. The van der Waals surface area contributed by atoms with Crippen LogP contribution in [0.2, 0.25) is 0 Å². The van der Waals surface area contributed by atoms with E-state index in [0.717, 1.165) is 28.8 Å². The van der Waals surface area contributed by atoms with Crippen LogP contribution in [0.1, 0.15) is 6.92 Å². The first kappa shape index (κ1) is 14.9. The number of benzene rings is 2. The van der Waals surface area contributed by atoms with Crippen LogP contribution in [0, 0.1) is 6.07 Å². The number of hydrogen-bond donors (Lipinski definition) is 0. The molecule has 0 saturated heterocycles. The molecule has 2 heterocycles. The normalized spacial score (nSPS) is 10.8. The molecule has 22 heavy (non-hydrogen) atoms. The van der Waals surface area contributed by atoms with Crippen LogP contribution in [-0.4, -0.2) is 14.5 Å². The molecule has 2 aromatic heterocycles. The van der Waals surface area contributed by atoms with Crippen molar-refractivity contribution in [3.05, 3.63) is 60.9 Å². The van der Waals surface area contributed by atoms with Gasteiger partial charge in [-0.05, 0) is 13.0 Å². The SMILES string of the molecule is CCn1c2ccccc2c2ncnc(-c3[c-]cccc3)c21.[Ir]. The summed E-state index contributed by atoms with van der Waals surface area (Å²) in [7, 11) is 0. The molecule has 1 radical (unpaired) electrons. The monoisotopic (exact) mass is 465 g/mol. The Morgan fingerprint density at radius 1 is 1.05 bits per heavy atom. The van der Waals surface area contributed by atoms with E-state index in [0.29, 0.717) is 0 Å². The van der Waals surface area contributed by atoms with Gasteiger partial charge in [-0.2, -0.15) is 0 Å². The van der Waals surface area contributed by atoms with Gasteiger partial charge in [0.05, 0.1) is 16.6 Å². The minimum absolute atomic E-state index is 0. The molecule has 3 nitrogen and oxygen atoms in total. The fourth-order valence-corrected chi connectivity index (χ4v) is 2.93. The summed E-state index contributed by atoms with van der Waals surface area (Å²) in [5.41, 5.74) is 5.24. The molecule has 0 N–H and O–H groups in total.